The molecule has 0 saturated heterocycles. The SMILES string of the molecule is CC(C)CCC(Cl)c1sccc1Br. The molecule has 0 aliphatic heterocycles. The van der Waals surface area contributed by atoms with E-state index >= 15 is 0 Å². The molecule has 0 aromatic carbocycles. The van der Waals surface area contributed by atoms with Gasteiger partial charge in [0.2, 0.25) is 0 Å². The van der Waals surface area contributed by atoms with Gasteiger partial charge in [0.25, 0.3) is 0 Å². The Morgan fingerprint density at radius 1 is 1.46 bits per heavy atom. The molecule has 0 bridgehead atoms. The molecule has 1 aromatic rings. The van der Waals surface area contributed by atoms with Gasteiger partial charge in [-0.1, -0.05) is 13.8 Å². The lowest BCUT2D eigenvalue weighted by atomic mass is 10.1. The Morgan fingerprint density at radius 3 is 2.62 bits per heavy atom. The van der Waals surface area contributed by atoms with Crippen LogP contribution >= 0.6 is 38.9 Å². The van der Waals surface area contributed by atoms with Crippen LogP contribution in [0.2, 0.25) is 0 Å². The molecule has 0 aliphatic carbocycles. The summed E-state index contributed by atoms with van der Waals surface area (Å²) in [4.78, 5) is 1.27. The highest BCUT2D eigenvalue weighted by atomic mass is 79.9. The van der Waals surface area contributed by atoms with Crippen molar-refractivity contribution in [3.8, 4) is 0 Å². The summed E-state index contributed by atoms with van der Waals surface area (Å²) < 4.78 is 1.15. The van der Waals surface area contributed by atoms with Crippen molar-refractivity contribution in [1.82, 2.24) is 0 Å². The van der Waals surface area contributed by atoms with Gasteiger partial charge < -0.3 is 0 Å². The first-order chi connectivity index (χ1) is 6.11. The van der Waals surface area contributed by atoms with Crippen molar-refractivity contribution < 1.29 is 0 Å². The number of thiophene rings is 1. The average Bonchev–Trinajstić information content (AvgIpc) is 2.47. The summed E-state index contributed by atoms with van der Waals surface area (Å²) in [6, 6.07) is 2.06. The van der Waals surface area contributed by atoms with Crippen molar-refractivity contribution >= 4 is 38.9 Å². The highest BCUT2D eigenvalue weighted by Gasteiger charge is 2.13. The Balaban J connectivity index is 2.49. The number of hydrogen-bond donors (Lipinski definition) is 0. The summed E-state index contributed by atoms with van der Waals surface area (Å²) in [6.07, 6.45) is 2.26. The zero-order valence-electron chi connectivity index (χ0n) is 7.89. The lowest BCUT2D eigenvalue weighted by molar-refractivity contribution is 0.551. The minimum Gasteiger partial charge on any atom is -0.146 e. The van der Waals surface area contributed by atoms with Crippen LogP contribution < -0.4 is 0 Å². The third kappa shape index (κ3) is 3.61. The van der Waals surface area contributed by atoms with Gasteiger partial charge in [0.15, 0.2) is 0 Å². The predicted octanol–water partition coefficient (Wildman–Crippen LogP) is 5.23. The van der Waals surface area contributed by atoms with E-state index in [4.69, 9.17) is 11.6 Å². The topological polar surface area (TPSA) is 0 Å². The quantitative estimate of drug-likeness (QED) is 0.663. The maximum atomic E-state index is 6.28. The molecule has 1 rings (SSSR count). The standard InChI is InChI=1S/C10H14BrClS/c1-7(2)3-4-9(12)10-8(11)5-6-13-10/h5-7,9H,3-4H2,1-2H3. The van der Waals surface area contributed by atoms with Gasteiger partial charge in [-0.2, -0.15) is 0 Å². The van der Waals surface area contributed by atoms with E-state index in [0.29, 0.717) is 0 Å². The van der Waals surface area contributed by atoms with E-state index in [9.17, 15) is 0 Å². The minimum absolute atomic E-state index is 0.178. The fourth-order valence-electron chi connectivity index (χ4n) is 1.14. The smallest absolute Gasteiger partial charge is 0.0690 e. The summed E-state index contributed by atoms with van der Waals surface area (Å²) in [5.74, 6) is 0.736. The molecule has 0 aliphatic rings. The van der Waals surface area contributed by atoms with Gasteiger partial charge in [0, 0.05) is 9.35 Å². The molecule has 0 spiro atoms. The molecule has 1 atom stereocenters. The van der Waals surface area contributed by atoms with Gasteiger partial charge in [0.05, 0.1) is 5.38 Å². The van der Waals surface area contributed by atoms with Crippen LogP contribution in [0.3, 0.4) is 0 Å². The molecule has 0 saturated carbocycles. The van der Waals surface area contributed by atoms with Gasteiger partial charge in [-0.05, 0) is 46.1 Å². The first kappa shape index (κ1) is 11.5. The van der Waals surface area contributed by atoms with E-state index in [-0.39, 0.29) is 5.38 Å². The second-order valence-corrected chi connectivity index (χ2v) is 5.90. The molecule has 13 heavy (non-hydrogen) atoms. The molecular formula is C10H14BrClS. The first-order valence-corrected chi connectivity index (χ1v) is 6.59. The maximum absolute atomic E-state index is 6.28. The first-order valence-electron chi connectivity index (χ1n) is 4.48. The molecule has 0 N–H and O–H groups in total. The van der Waals surface area contributed by atoms with Crippen molar-refractivity contribution in [3.05, 3.63) is 20.8 Å². The van der Waals surface area contributed by atoms with E-state index in [2.05, 4.69) is 41.2 Å². The van der Waals surface area contributed by atoms with Crippen LogP contribution in [0.4, 0.5) is 0 Å². The Bertz CT molecular complexity index is 257. The van der Waals surface area contributed by atoms with Gasteiger partial charge in [-0.15, -0.1) is 22.9 Å². The summed E-state index contributed by atoms with van der Waals surface area (Å²) in [5.41, 5.74) is 0. The van der Waals surface area contributed by atoms with Crippen molar-refractivity contribution in [2.24, 2.45) is 5.92 Å². The average molecular weight is 282 g/mol. The largest absolute Gasteiger partial charge is 0.146 e. The third-order valence-electron chi connectivity index (χ3n) is 1.93. The molecule has 1 heterocycles. The zero-order chi connectivity index (χ0) is 9.84. The van der Waals surface area contributed by atoms with E-state index in [0.717, 1.165) is 16.8 Å². The zero-order valence-corrected chi connectivity index (χ0v) is 11.0. The van der Waals surface area contributed by atoms with Crippen molar-refractivity contribution in [2.45, 2.75) is 32.1 Å². The highest BCUT2D eigenvalue weighted by molar-refractivity contribution is 9.10. The fourth-order valence-corrected chi connectivity index (χ4v) is 3.33. The fraction of sp³-hybridized carbons (Fsp3) is 0.600. The van der Waals surface area contributed by atoms with Crippen LogP contribution in [0.15, 0.2) is 15.9 Å². The number of alkyl halides is 1. The molecule has 1 aromatic heterocycles. The molecule has 3 heteroatoms. The van der Waals surface area contributed by atoms with E-state index in [1.807, 2.05) is 0 Å². The summed E-state index contributed by atoms with van der Waals surface area (Å²) >= 11 is 11.5. The van der Waals surface area contributed by atoms with Gasteiger partial charge in [-0.3, -0.25) is 0 Å². The molecular weight excluding hydrogens is 268 g/mol. The molecule has 0 fully saturated rings. The van der Waals surface area contributed by atoms with Crippen molar-refractivity contribution in [3.63, 3.8) is 0 Å². The van der Waals surface area contributed by atoms with Crippen LogP contribution in [-0.2, 0) is 0 Å². The normalized spacial score (nSPS) is 13.6. The van der Waals surface area contributed by atoms with Gasteiger partial charge >= 0.3 is 0 Å². The molecule has 0 radical (unpaired) electrons. The summed E-state index contributed by atoms with van der Waals surface area (Å²) in [7, 11) is 0. The van der Waals surface area contributed by atoms with Crippen LogP contribution in [0, 0.1) is 5.92 Å². The van der Waals surface area contributed by atoms with E-state index in [1.54, 1.807) is 11.3 Å². The van der Waals surface area contributed by atoms with Crippen molar-refractivity contribution in [2.75, 3.05) is 0 Å². The predicted molar refractivity (Wildman–Crippen MR) is 64.7 cm³/mol. The Hall–Kier alpha value is 0.470. The summed E-state index contributed by atoms with van der Waals surface area (Å²) in [5, 5.41) is 2.25. The number of halogens is 2. The lowest BCUT2D eigenvalue weighted by Gasteiger charge is -2.09. The maximum Gasteiger partial charge on any atom is 0.0690 e. The molecule has 0 amide bonds. The number of rotatable bonds is 4. The van der Waals surface area contributed by atoms with Crippen LogP contribution in [0.5, 0.6) is 0 Å². The Kier molecular flexibility index (Phi) is 4.77. The Labute approximate surface area is 97.4 Å². The second kappa shape index (κ2) is 5.38. The summed E-state index contributed by atoms with van der Waals surface area (Å²) in [6.45, 7) is 4.46. The van der Waals surface area contributed by atoms with Gasteiger partial charge in [-0.25, -0.2) is 0 Å². The lowest BCUT2D eigenvalue weighted by Crippen LogP contribution is -1.92. The van der Waals surface area contributed by atoms with Crippen LogP contribution in [0.1, 0.15) is 36.9 Å². The molecule has 1 unspecified atom stereocenters. The van der Waals surface area contributed by atoms with E-state index in [1.165, 1.54) is 11.3 Å². The Morgan fingerprint density at radius 2 is 2.15 bits per heavy atom. The van der Waals surface area contributed by atoms with Crippen molar-refractivity contribution in [1.29, 1.82) is 0 Å². The van der Waals surface area contributed by atoms with E-state index < -0.39 is 0 Å². The minimum atomic E-state index is 0.178. The van der Waals surface area contributed by atoms with Gasteiger partial charge in [0.1, 0.15) is 0 Å². The van der Waals surface area contributed by atoms with Crippen LogP contribution in [-0.4, -0.2) is 0 Å². The van der Waals surface area contributed by atoms with Crippen LogP contribution in [0.25, 0.3) is 0 Å². The molecule has 0 nitrogen and oxygen atoms in total. The third-order valence-corrected chi connectivity index (χ3v) is 4.48. The highest BCUT2D eigenvalue weighted by Crippen LogP contribution is 2.36. The monoisotopic (exact) mass is 280 g/mol. The second-order valence-electron chi connectivity index (χ2n) is 3.57. The number of hydrogen-bond acceptors (Lipinski definition) is 1. The molecule has 74 valence electrons.